The molecule has 0 fully saturated rings. The van der Waals surface area contributed by atoms with Crippen LogP contribution in [-0.4, -0.2) is 18.2 Å². The molecule has 184 valence electrons. The van der Waals surface area contributed by atoms with E-state index in [4.69, 9.17) is 4.74 Å². The summed E-state index contributed by atoms with van der Waals surface area (Å²) in [6.45, 7) is 15.5. The maximum atomic E-state index is 15.0. The highest BCUT2D eigenvalue weighted by atomic mass is 31.2. The van der Waals surface area contributed by atoms with E-state index >= 15 is 0 Å². The number of ether oxygens (including phenoxy) is 1. The molecule has 1 unspecified atom stereocenters. The van der Waals surface area contributed by atoms with Crippen molar-refractivity contribution in [1.82, 2.24) is 0 Å². The monoisotopic (exact) mass is 490 g/mol. The highest BCUT2D eigenvalue weighted by Gasteiger charge is 2.45. The first-order chi connectivity index (χ1) is 16.2. The van der Waals surface area contributed by atoms with E-state index in [-0.39, 0.29) is 10.7 Å². The molecule has 0 saturated heterocycles. The first-order valence-electron chi connectivity index (χ1n) is 11.8. The summed E-state index contributed by atoms with van der Waals surface area (Å²) in [4.78, 5) is 28.6. The van der Waals surface area contributed by atoms with Gasteiger partial charge in [0.05, 0.1) is 7.11 Å². The number of carbonyl (C=O) groups is 2. The van der Waals surface area contributed by atoms with Gasteiger partial charge < -0.3 is 9.30 Å². The molecule has 0 aromatic heterocycles. The normalized spacial score (nSPS) is 13.3. The molecular formula is C30H35O4P. The van der Waals surface area contributed by atoms with Gasteiger partial charge in [-0.05, 0) is 86.6 Å². The lowest BCUT2D eigenvalue weighted by atomic mass is 9.81. The van der Waals surface area contributed by atoms with Crippen molar-refractivity contribution >= 4 is 23.5 Å². The largest absolute Gasteiger partial charge is 0.497 e. The van der Waals surface area contributed by atoms with Crippen LogP contribution in [0.5, 0.6) is 5.75 Å². The molecule has 5 heteroatoms. The molecule has 3 aromatic rings. The zero-order valence-electron chi connectivity index (χ0n) is 22.2. The summed E-state index contributed by atoms with van der Waals surface area (Å²) in [5.74, 6) is 0.560. The van der Waals surface area contributed by atoms with E-state index in [1.807, 2.05) is 79.7 Å². The van der Waals surface area contributed by atoms with Crippen LogP contribution in [0, 0.1) is 34.6 Å². The van der Waals surface area contributed by atoms with Crippen molar-refractivity contribution in [3.05, 3.63) is 93.0 Å². The number of rotatable bonds is 6. The van der Waals surface area contributed by atoms with Gasteiger partial charge in [0, 0.05) is 16.4 Å². The van der Waals surface area contributed by atoms with Crippen molar-refractivity contribution in [2.45, 2.75) is 60.8 Å². The molecule has 0 radical (unpaired) electrons. The third-order valence-corrected chi connectivity index (χ3v) is 9.02. The van der Waals surface area contributed by atoms with Gasteiger partial charge in [-0.25, -0.2) is 0 Å². The molecule has 3 rings (SSSR count). The second kappa shape index (κ2) is 9.59. The van der Waals surface area contributed by atoms with E-state index in [1.54, 1.807) is 24.3 Å². The van der Waals surface area contributed by atoms with Crippen molar-refractivity contribution < 1.29 is 18.9 Å². The summed E-state index contributed by atoms with van der Waals surface area (Å²) in [5, 5.41) is 0.215. The lowest BCUT2D eigenvalue weighted by Crippen LogP contribution is -2.25. The fourth-order valence-electron chi connectivity index (χ4n) is 4.79. The van der Waals surface area contributed by atoms with Crippen LogP contribution in [0.15, 0.2) is 48.5 Å². The Hall–Kier alpha value is -2.97. The van der Waals surface area contributed by atoms with Crippen molar-refractivity contribution in [3.63, 3.8) is 0 Å². The van der Waals surface area contributed by atoms with Gasteiger partial charge in [-0.2, -0.15) is 0 Å². The Balaban J connectivity index is 2.38. The second-order valence-electron chi connectivity index (χ2n) is 10.4. The van der Waals surface area contributed by atoms with E-state index in [9.17, 15) is 14.2 Å². The fourth-order valence-corrected chi connectivity index (χ4v) is 7.30. The summed E-state index contributed by atoms with van der Waals surface area (Å²) < 4.78 is 20.2. The molecule has 1 atom stereocenters. The molecule has 0 bridgehead atoms. The second-order valence-corrected chi connectivity index (χ2v) is 13.0. The van der Waals surface area contributed by atoms with Gasteiger partial charge in [0.25, 0.3) is 0 Å². The molecule has 0 heterocycles. The first-order valence-corrected chi connectivity index (χ1v) is 13.5. The van der Waals surface area contributed by atoms with Crippen LogP contribution in [-0.2, 0) is 9.98 Å². The van der Waals surface area contributed by atoms with Crippen LogP contribution < -0.4 is 10.0 Å². The Kier molecular flexibility index (Phi) is 7.29. The van der Waals surface area contributed by atoms with E-state index in [0.29, 0.717) is 28.0 Å². The topological polar surface area (TPSA) is 60.4 Å². The zero-order valence-corrected chi connectivity index (χ0v) is 23.1. The third-order valence-electron chi connectivity index (χ3n) is 6.40. The Morgan fingerprint density at radius 3 is 1.60 bits per heavy atom. The van der Waals surface area contributed by atoms with Gasteiger partial charge in [0.1, 0.15) is 5.75 Å². The molecule has 0 amide bonds. The van der Waals surface area contributed by atoms with Gasteiger partial charge in [0.2, 0.25) is 18.2 Å². The average molecular weight is 491 g/mol. The molecule has 0 saturated carbocycles. The first kappa shape index (κ1) is 26.6. The SMILES string of the molecule is COc1ccc(P(=O)(C(=O)c2c(C)cc(C)cc2C)C(=O)c2c(C)cc(C)cc2C(C)(C)C)cc1. The van der Waals surface area contributed by atoms with Crippen LogP contribution >= 0.6 is 7.14 Å². The van der Waals surface area contributed by atoms with Gasteiger partial charge in [-0.3, -0.25) is 9.59 Å². The van der Waals surface area contributed by atoms with Gasteiger partial charge >= 0.3 is 0 Å². The van der Waals surface area contributed by atoms with Crippen molar-refractivity contribution in [2.24, 2.45) is 0 Å². The van der Waals surface area contributed by atoms with Crippen LogP contribution in [0.3, 0.4) is 0 Å². The Morgan fingerprint density at radius 2 is 1.14 bits per heavy atom. The molecule has 0 aliphatic carbocycles. The Morgan fingerprint density at radius 1 is 0.714 bits per heavy atom. The summed E-state index contributed by atoms with van der Waals surface area (Å²) in [6, 6.07) is 14.1. The van der Waals surface area contributed by atoms with E-state index < -0.39 is 18.2 Å². The quantitative estimate of drug-likeness (QED) is 0.343. The van der Waals surface area contributed by atoms with Gasteiger partial charge in [0.15, 0.2) is 0 Å². The summed E-state index contributed by atoms with van der Waals surface area (Å²) >= 11 is 0. The predicted molar refractivity (Wildman–Crippen MR) is 144 cm³/mol. The third kappa shape index (κ3) is 4.90. The van der Waals surface area contributed by atoms with Crippen LogP contribution in [0.25, 0.3) is 0 Å². The summed E-state index contributed by atoms with van der Waals surface area (Å²) in [6.07, 6.45) is 0. The van der Waals surface area contributed by atoms with Crippen LogP contribution in [0.4, 0.5) is 0 Å². The van der Waals surface area contributed by atoms with E-state index in [1.165, 1.54) is 7.11 Å². The van der Waals surface area contributed by atoms with Crippen molar-refractivity contribution in [1.29, 1.82) is 0 Å². The number of aryl methyl sites for hydroxylation is 5. The minimum Gasteiger partial charge on any atom is -0.497 e. The van der Waals surface area contributed by atoms with Crippen molar-refractivity contribution in [3.8, 4) is 5.75 Å². The smallest absolute Gasteiger partial charge is 0.248 e. The average Bonchev–Trinajstić information content (AvgIpc) is 2.76. The minimum atomic E-state index is -4.27. The lowest BCUT2D eigenvalue weighted by molar-refractivity contribution is 0.103. The van der Waals surface area contributed by atoms with Crippen LogP contribution in [0.2, 0.25) is 0 Å². The molecule has 4 nitrogen and oxygen atoms in total. The zero-order chi connectivity index (χ0) is 26.3. The van der Waals surface area contributed by atoms with Gasteiger partial charge in [-0.15, -0.1) is 0 Å². The van der Waals surface area contributed by atoms with Crippen molar-refractivity contribution in [2.75, 3.05) is 7.11 Å². The number of hydrogen-bond acceptors (Lipinski definition) is 4. The Bertz CT molecular complexity index is 1340. The minimum absolute atomic E-state index is 0.215. The predicted octanol–water partition coefficient (Wildman–Crippen LogP) is 7.20. The number of hydrogen-bond donors (Lipinski definition) is 0. The molecular weight excluding hydrogens is 455 g/mol. The number of methoxy groups -OCH3 is 1. The molecule has 35 heavy (non-hydrogen) atoms. The highest BCUT2D eigenvalue weighted by molar-refractivity contribution is 8.01. The highest BCUT2D eigenvalue weighted by Crippen LogP contribution is 2.53. The molecule has 0 spiro atoms. The number of benzene rings is 3. The lowest BCUT2D eigenvalue weighted by Gasteiger charge is -2.27. The fraction of sp³-hybridized carbons (Fsp3) is 0.333. The molecule has 3 aromatic carbocycles. The van der Waals surface area contributed by atoms with E-state index in [2.05, 4.69) is 0 Å². The van der Waals surface area contributed by atoms with Crippen LogP contribution in [0.1, 0.15) is 74.9 Å². The Labute approximate surface area is 209 Å². The summed E-state index contributed by atoms with van der Waals surface area (Å²) in [5.41, 5.74) is 4.06. The van der Waals surface area contributed by atoms with Gasteiger partial charge in [-0.1, -0.05) is 56.2 Å². The maximum absolute atomic E-state index is 15.0. The standard InChI is InChI=1S/C30H35O4P/c1-18-14-20(3)26(21(4)15-18)28(31)35(33,24-12-10-23(34-9)11-13-24)29(32)27-22(5)16-19(2)17-25(27)30(6,7)8/h10-17H,1-9H3. The molecule has 0 aliphatic heterocycles. The molecule has 0 N–H and O–H groups in total. The maximum Gasteiger partial charge on any atom is 0.248 e. The molecule has 0 aliphatic rings. The van der Waals surface area contributed by atoms with E-state index in [0.717, 1.165) is 22.3 Å². The summed E-state index contributed by atoms with van der Waals surface area (Å²) in [7, 11) is -2.73. The number of carbonyl (C=O) groups excluding carboxylic acids is 2.